The van der Waals surface area contributed by atoms with Crippen molar-refractivity contribution in [2.75, 3.05) is 40.0 Å². The number of carbonyl (C=O) groups is 1. The van der Waals surface area contributed by atoms with Crippen LogP contribution in [0.5, 0.6) is 0 Å². The van der Waals surface area contributed by atoms with Crippen molar-refractivity contribution in [3.8, 4) is 0 Å². The largest absolute Gasteiger partial charge is 0.382 e. The van der Waals surface area contributed by atoms with E-state index >= 15 is 0 Å². The van der Waals surface area contributed by atoms with E-state index < -0.39 is 0 Å². The summed E-state index contributed by atoms with van der Waals surface area (Å²) in [6.45, 7) is 2.82. The van der Waals surface area contributed by atoms with Gasteiger partial charge in [0.15, 0.2) is 0 Å². The number of rotatable bonds is 5. The van der Waals surface area contributed by atoms with Crippen LogP contribution in [0.15, 0.2) is 0 Å². The summed E-state index contributed by atoms with van der Waals surface area (Å²) in [5, 5.41) is 0. The van der Waals surface area contributed by atoms with Gasteiger partial charge in [-0.25, -0.2) is 0 Å². The van der Waals surface area contributed by atoms with Crippen LogP contribution in [0.2, 0.25) is 0 Å². The predicted molar refractivity (Wildman–Crippen MR) is 56.6 cm³/mol. The minimum Gasteiger partial charge on any atom is -0.382 e. The molecule has 82 valence electrons. The van der Waals surface area contributed by atoms with Crippen molar-refractivity contribution >= 4 is 21.8 Å². The molecule has 1 heterocycles. The van der Waals surface area contributed by atoms with Crippen molar-refractivity contribution in [3.63, 3.8) is 0 Å². The van der Waals surface area contributed by atoms with Gasteiger partial charge in [0, 0.05) is 25.0 Å². The van der Waals surface area contributed by atoms with Crippen LogP contribution in [0.3, 0.4) is 0 Å². The number of hydrogen-bond donors (Lipinski definition) is 0. The van der Waals surface area contributed by atoms with E-state index in [1.54, 1.807) is 7.11 Å². The quantitative estimate of drug-likeness (QED) is 0.541. The molecule has 1 atom stereocenters. The molecule has 1 rings (SSSR count). The summed E-state index contributed by atoms with van der Waals surface area (Å²) in [5.74, 6) is 0.0723. The number of amides is 1. The lowest BCUT2D eigenvalue weighted by molar-refractivity contribution is -0.135. The minimum atomic E-state index is 0.0723. The van der Waals surface area contributed by atoms with Crippen molar-refractivity contribution in [2.24, 2.45) is 0 Å². The first-order valence-corrected chi connectivity index (χ1v) is 5.64. The second-order valence-electron chi connectivity index (χ2n) is 3.27. The Kier molecular flexibility index (Phi) is 5.44. The van der Waals surface area contributed by atoms with Gasteiger partial charge in [0.05, 0.1) is 13.2 Å². The topological polar surface area (TPSA) is 38.8 Å². The maximum absolute atomic E-state index is 11.5. The van der Waals surface area contributed by atoms with Crippen LogP contribution in [0, 0.1) is 0 Å². The molecule has 4 nitrogen and oxygen atoms in total. The highest BCUT2D eigenvalue weighted by molar-refractivity contribution is 9.09. The molecule has 0 aliphatic carbocycles. The number of ether oxygens (including phenoxy) is 2. The number of methoxy groups -OCH3 is 1. The van der Waals surface area contributed by atoms with Gasteiger partial charge in [-0.2, -0.15) is 0 Å². The number of halogens is 1. The monoisotopic (exact) mass is 265 g/mol. The van der Waals surface area contributed by atoms with Gasteiger partial charge in [-0.05, 0) is 6.42 Å². The van der Waals surface area contributed by atoms with Gasteiger partial charge in [0.1, 0.15) is 6.61 Å². The zero-order valence-electron chi connectivity index (χ0n) is 8.37. The Bertz CT molecular complexity index is 189. The predicted octanol–water partition coefficient (Wildman–Crippen LogP) is 0.645. The van der Waals surface area contributed by atoms with E-state index in [0.717, 1.165) is 19.5 Å². The third-order valence-electron chi connectivity index (χ3n) is 2.14. The van der Waals surface area contributed by atoms with Gasteiger partial charge < -0.3 is 14.4 Å². The van der Waals surface area contributed by atoms with E-state index in [9.17, 15) is 4.79 Å². The van der Waals surface area contributed by atoms with E-state index in [0.29, 0.717) is 18.0 Å². The lowest BCUT2D eigenvalue weighted by atomic mass is 10.4. The fraction of sp³-hybridized carbons (Fsp3) is 0.889. The Morgan fingerprint density at radius 2 is 2.36 bits per heavy atom. The summed E-state index contributed by atoms with van der Waals surface area (Å²) < 4.78 is 9.96. The second kappa shape index (κ2) is 6.37. The first-order valence-electron chi connectivity index (χ1n) is 4.72. The van der Waals surface area contributed by atoms with Crippen LogP contribution < -0.4 is 0 Å². The highest BCUT2D eigenvalue weighted by atomic mass is 79.9. The summed E-state index contributed by atoms with van der Waals surface area (Å²) in [6, 6.07) is 0. The highest BCUT2D eigenvalue weighted by Crippen LogP contribution is 2.16. The van der Waals surface area contributed by atoms with Gasteiger partial charge in [0.25, 0.3) is 0 Å². The van der Waals surface area contributed by atoms with Crippen molar-refractivity contribution < 1.29 is 14.3 Å². The van der Waals surface area contributed by atoms with E-state index in [4.69, 9.17) is 9.47 Å². The van der Waals surface area contributed by atoms with Gasteiger partial charge in [-0.1, -0.05) is 15.9 Å². The molecule has 1 fully saturated rings. The first-order chi connectivity index (χ1) is 6.74. The van der Waals surface area contributed by atoms with Crippen LogP contribution >= 0.6 is 15.9 Å². The Morgan fingerprint density at radius 1 is 1.57 bits per heavy atom. The van der Waals surface area contributed by atoms with E-state index in [1.165, 1.54) is 0 Å². The van der Waals surface area contributed by atoms with E-state index in [1.807, 2.05) is 4.90 Å². The Hall–Kier alpha value is -0.130. The van der Waals surface area contributed by atoms with Crippen LogP contribution in [-0.2, 0) is 14.3 Å². The fourth-order valence-corrected chi connectivity index (χ4v) is 1.89. The summed E-state index contributed by atoms with van der Waals surface area (Å²) >= 11 is 3.49. The molecular formula is C9H16BrNO3. The van der Waals surface area contributed by atoms with Gasteiger partial charge in [-0.15, -0.1) is 0 Å². The molecule has 0 aromatic rings. The molecule has 0 aromatic carbocycles. The van der Waals surface area contributed by atoms with Crippen molar-refractivity contribution in [3.05, 3.63) is 0 Å². The molecule has 1 unspecified atom stereocenters. The molecule has 1 saturated heterocycles. The third kappa shape index (κ3) is 3.94. The maximum atomic E-state index is 11.5. The van der Waals surface area contributed by atoms with Gasteiger partial charge in [0.2, 0.25) is 5.91 Å². The highest BCUT2D eigenvalue weighted by Gasteiger charge is 2.23. The number of carbonyl (C=O) groups excluding carboxylic acids is 1. The minimum absolute atomic E-state index is 0.0723. The average Bonchev–Trinajstić information content (AvgIpc) is 2.59. The second-order valence-corrected chi connectivity index (χ2v) is 4.57. The lowest BCUT2D eigenvalue weighted by Gasteiger charge is -2.15. The molecule has 0 saturated carbocycles. The van der Waals surface area contributed by atoms with Crippen molar-refractivity contribution in [1.82, 2.24) is 4.90 Å². The zero-order chi connectivity index (χ0) is 10.4. The summed E-state index contributed by atoms with van der Waals surface area (Å²) in [5.41, 5.74) is 0. The van der Waals surface area contributed by atoms with Gasteiger partial charge in [-0.3, -0.25) is 4.79 Å². The van der Waals surface area contributed by atoms with Gasteiger partial charge >= 0.3 is 0 Å². The standard InChI is InChI=1S/C9H16BrNO3/c1-13-4-5-14-7-9(12)11-3-2-8(10)6-11/h8H,2-7H2,1H3. The number of likely N-dealkylation sites (tertiary alicyclic amines) is 1. The number of hydrogen-bond acceptors (Lipinski definition) is 3. The molecule has 1 aliphatic rings. The van der Waals surface area contributed by atoms with Crippen molar-refractivity contribution in [2.45, 2.75) is 11.2 Å². The van der Waals surface area contributed by atoms with Crippen LogP contribution in [0.1, 0.15) is 6.42 Å². The average molecular weight is 266 g/mol. The summed E-state index contributed by atoms with van der Waals surface area (Å²) in [7, 11) is 1.61. The molecule has 14 heavy (non-hydrogen) atoms. The molecule has 0 N–H and O–H groups in total. The fourth-order valence-electron chi connectivity index (χ4n) is 1.34. The lowest BCUT2D eigenvalue weighted by Crippen LogP contribution is -2.32. The van der Waals surface area contributed by atoms with E-state index in [2.05, 4.69) is 15.9 Å². The van der Waals surface area contributed by atoms with Crippen LogP contribution in [-0.4, -0.2) is 55.7 Å². The molecule has 0 aromatic heterocycles. The number of alkyl halides is 1. The molecular weight excluding hydrogens is 250 g/mol. The van der Waals surface area contributed by atoms with Crippen LogP contribution in [0.4, 0.5) is 0 Å². The van der Waals surface area contributed by atoms with E-state index in [-0.39, 0.29) is 12.5 Å². The van der Waals surface area contributed by atoms with Crippen molar-refractivity contribution in [1.29, 1.82) is 0 Å². The molecule has 1 amide bonds. The molecule has 0 radical (unpaired) electrons. The zero-order valence-corrected chi connectivity index (χ0v) is 9.96. The molecule has 1 aliphatic heterocycles. The third-order valence-corrected chi connectivity index (χ3v) is 2.89. The molecule has 0 bridgehead atoms. The molecule has 0 spiro atoms. The molecule has 5 heteroatoms. The SMILES string of the molecule is COCCOCC(=O)N1CCC(Br)C1. The van der Waals surface area contributed by atoms with Crippen LogP contribution in [0.25, 0.3) is 0 Å². The maximum Gasteiger partial charge on any atom is 0.248 e. The Labute approximate surface area is 92.7 Å². The number of nitrogens with zero attached hydrogens (tertiary/aromatic N) is 1. The Morgan fingerprint density at radius 3 is 2.93 bits per heavy atom. The smallest absolute Gasteiger partial charge is 0.248 e. The summed E-state index contributed by atoms with van der Waals surface area (Å²) in [6.07, 6.45) is 1.03. The first kappa shape index (κ1) is 11.9. The summed E-state index contributed by atoms with van der Waals surface area (Å²) in [4.78, 5) is 13.8. The normalized spacial score (nSPS) is 21.6. The Balaban J connectivity index is 2.09.